The minimum absolute atomic E-state index is 0.0199. The summed E-state index contributed by atoms with van der Waals surface area (Å²) < 4.78 is 40.3. The smallest absolute Gasteiger partial charge is 0.352 e. The van der Waals surface area contributed by atoms with Gasteiger partial charge in [-0.1, -0.05) is 59.6 Å². The Hall–Kier alpha value is -1.98. The highest BCUT2D eigenvalue weighted by Crippen LogP contribution is 2.38. The number of alkyl halides is 3. The lowest BCUT2D eigenvalue weighted by Gasteiger charge is -2.18. The summed E-state index contributed by atoms with van der Waals surface area (Å²) in [5, 5.41) is 2.95. The van der Waals surface area contributed by atoms with Crippen molar-refractivity contribution >= 4 is 35.2 Å². The van der Waals surface area contributed by atoms with Crippen molar-refractivity contribution < 1.29 is 18.0 Å². The number of rotatable bonds is 5. The largest absolute Gasteiger partial charge is 0.399 e. The van der Waals surface area contributed by atoms with Gasteiger partial charge in [0.25, 0.3) is 0 Å². The van der Waals surface area contributed by atoms with Gasteiger partial charge in [0.15, 0.2) is 0 Å². The molecule has 0 aliphatic heterocycles. The first kappa shape index (κ1) is 20.3. The van der Waals surface area contributed by atoms with Gasteiger partial charge in [0.05, 0.1) is 5.92 Å². The third-order valence-electron chi connectivity index (χ3n) is 3.60. The molecule has 1 N–H and O–H groups in total. The fraction of sp³-hybridized carbons (Fsp3) is 0.211. The molecule has 1 amide bonds. The van der Waals surface area contributed by atoms with Crippen LogP contribution in [0.4, 0.5) is 13.2 Å². The minimum atomic E-state index is -4.48. The molecule has 0 saturated carbocycles. The number of amides is 1. The van der Waals surface area contributed by atoms with Crippen molar-refractivity contribution in [1.82, 2.24) is 5.32 Å². The molecule has 0 fully saturated rings. The van der Waals surface area contributed by atoms with Crippen LogP contribution >= 0.6 is 23.2 Å². The van der Waals surface area contributed by atoms with Gasteiger partial charge in [-0.25, -0.2) is 0 Å². The van der Waals surface area contributed by atoms with Gasteiger partial charge < -0.3 is 5.32 Å². The fourth-order valence-electron chi connectivity index (χ4n) is 2.34. The van der Waals surface area contributed by atoms with Crippen LogP contribution in [-0.2, 0) is 11.3 Å². The molecule has 7 heteroatoms. The zero-order valence-corrected chi connectivity index (χ0v) is 15.3. The lowest BCUT2D eigenvalue weighted by molar-refractivity contribution is -0.139. The molecule has 1 unspecified atom stereocenters. The highest BCUT2D eigenvalue weighted by atomic mass is 35.5. The van der Waals surface area contributed by atoms with Crippen LogP contribution in [-0.4, -0.2) is 12.1 Å². The van der Waals surface area contributed by atoms with Crippen molar-refractivity contribution in [2.75, 3.05) is 0 Å². The Morgan fingerprint density at radius 3 is 2.19 bits per heavy atom. The number of benzene rings is 2. The first-order valence-electron chi connectivity index (χ1n) is 7.69. The second kappa shape index (κ2) is 8.60. The number of hydrogen-bond acceptors (Lipinski definition) is 1. The summed E-state index contributed by atoms with van der Waals surface area (Å²) >= 11 is 11.7. The Labute approximate surface area is 159 Å². The first-order valence-corrected chi connectivity index (χ1v) is 8.45. The van der Waals surface area contributed by atoms with E-state index in [1.165, 1.54) is 31.2 Å². The van der Waals surface area contributed by atoms with Crippen LogP contribution in [0.1, 0.15) is 29.5 Å². The van der Waals surface area contributed by atoms with Crippen LogP contribution in [0, 0.1) is 0 Å². The molecule has 2 aromatic carbocycles. The maximum absolute atomic E-state index is 13.4. The average Bonchev–Trinajstić information content (AvgIpc) is 2.52. The van der Waals surface area contributed by atoms with Gasteiger partial charge in [-0.15, -0.1) is 0 Å². The molecule has 0 saturated heterocycles. The van der Waals surface area contributed by atoms with E-state index in [1.807, 2.05) is 0 Å². The Bertz CT molecular complexity index is 781. The predicted molar refractivity (Wildman–Crippen MR) is 98.3 cm³/mol. The molecule has 0 aliphatic carbocycles. The van der Waals surface area contributed by atoms with Gasteiger partial charge in [0.2, 0.25) is 5.91 Å². The first-order chi connectivity index (χ1) is 12.1. The SMILES string of the molecule is CC(=O)NCc1ccc(/C=C/C(c2cc(Cl)cc(Cl)c2)C(F)(F)F)cc1. The van der Waals surface area contributed by atoms with Crippen molar-refractivity contribution in [3.05, 3.63) is 75.3 Å². The third kappa shape index (κ3) is 6.07. The van der Waals surface area contributed by atoms with Gasteiger partial charge in [0.1, 0.15) is 0 Å². The van der Waals surface area contributed by atoms with Crippen molar-refractivity contribution in [2.45, 2.75) is 25.6 Å². The Morgan fingerprint density at radius 2 is 1.69 bits per heavy atom. The van der Waals surface area contributed by atoms with Gasteiger partial charge >= 0.3 is 6.18 Å². The predicted octanol–water partition coefficient (Wildman–Crippen LogP) is 5.99. The molecule has 2 nitrogen and oxygen atoms in total. The quantitative estimate of drug-likeness (QED) is 0.654. The van der Waals surface area contributed by atoms with Gasteiger partial charge in [-0.2, -0.15) is 13.2 Å². The molecule has 0 aromatic heterocycles. The highest BCUT2D eigenvalue weighted by molar-refractivity contribution is 6.34. The van der Waals surface area contributed by atoms with Gasteiger partial charge in [0, 0.05) is 23.5 Å². The molecule has 138 valence electrons. The summed E-state index contributed by atoms with van der Waals surface area (Å²) in [6.07, 6.45) is -2.00. The van der Waals surface area contributed by atoms with E-state index < -0.39 is 12.1 Å². The molecular weight excluding hydrogens is 386 g/mol. The van der Waals surface area contributed by atoms with Crippen molar-refractivity contribution in [3.8, 4) is 0 Å². The Balaban J connectivity index is 2.21. The molecule has 0 spiro atoms. The normalized spacial score (nSPS) is 13.0. The van der Waals surface area contributed by atoms with E-state index in [0.29, 0.717) is 12.1 Å². The van der Waals surface area contributed by atoms with Crippen LogP contribution in [0.25, 0.3) is 6.08 Å². The molecule has 26 heavy (non-hydrogen) atoms. The van der Waals surface area contributed by atoms with E-state index in [4.69, 9.17) is 23.2 Å². The number of hydrogen-bond donors (Lipinski definition) is 1. The lowest BCUT2D eigenvalue weighted by atomic mass is 9.97. The average molecular weight is 402 g/mol. The molecular formula is C19H16Cl2F3NO. The maximum Gasteiger partial charge on any atom is 0.399 e. The summed E-state index contributed by atoms with van der Waals surface area (Å²) in [5.74, 6) is -1.97. The summed E-state index contributed by atoms with van der Waals surface area (Å²) in [6.45, 7) is 1.78. The molecule has 2 aromatic rings. The highest BCUT2D eigenvalue weighted by Gasteiger charge is 2.39. The van der Waals surface area contributed by atoms with Crippen LogP contribution in [0.2, 0.25) is 10.0 Å². The number of carbonyl (C=O) groups excluding carboxylic acids is 1. The number of halogens is 5. The lowest BCUT2D eigenvalue weighted by Crippen LogP contribution is -2.19. The van der Waals surface area contributed by atoms with E-state index in [-0.39, 0.29) is 21.5 Å². The second-order valence-corrected chi connectivity index (χ2v) is 6.61. The van der Waals surface area contributed by atoms with Crippen LogP contribution < -0.4 is 5.32 Å². The number of carbonyl (C=O) groups is 1. The molecule has 1 atom stereocenters. The molecule has 0 aliphatic rings. The summed E-state index contributed by atoms with van der Waals surface area (Å²) in [7, 11) is 0. The van der Waals surface area contributed by atoms with Crippen molar-refractivity contribution in [2.24, 2.45) is 0 Å². The monoisotopic (exact) mass is 401 g/mol. The Morgan fingerprint density at radius 1 is 1.12 bits per heavy atom. The Kier molecular flexibility index (Phi) is 6.73. The topological polar surface area (TPSA) is 29.1 Å². The summed E-state index contributed by atoms with van der Waals surface area (Å²) in [6, 6.07) is 10.8. The standard InChI is InChI=1S/C19H16Cl2F3NO/c1-12(26)25-11-14-4-2-13(3-5-14)6-7-18(19(22,23)24)15-8-16(20)10-17(21)9-15/h2-10,18H,11H2,1H3,(H,25,26)/b7-6+. The van der Waals surface area contributed by atoms with E-state index in [1.54, 1.807) is 24.3 Å². The maximum atomic E-state index is 13.4. The fourth-order valence-corrected chi connectivity index (χ4v) is 2.89. The van der Waals surface area contributed by atoms with Crippen molar-refractivity contribution in [1.29, 1.82) is 0 Å². The zero-order valence-electron chi connectivity index (χ0n) is 13.8. The van der Waals surface area contributed by atoms with Crippen LogP contribution in [0.5, 0.6) is 0 Å². The van der Waals surface area contributed by atoms with Crippen LogP contribution in [0.3, 0.4) is 0 Å². The van der Waals surface area contributed by atoms with E-state index in [2.05, 4.69) is 5.32 Å². The molecule has 0 bridgehead atoms. The molecule has 0 heterocycles. The van der Waals surface area contributed by atoms with E-state index in [0.717, 1.165) is 11.6 Å². The zero-order chi connectivity index (χ0) is 19.3. The van der Waals surface area contributed by atoms with Gasteiger partial charge in [-0.3, -0.25) is 4.79 Å². The van der Waals surface area contributed by atoms with E-state index in [9.17, 15) is 18.0 Å². The second-order valence-electron chi connectivity index (χ2n) is 5.73. The summed E-state index contributed by atoms with van der Waals surface area (Å²) in [5.41, 5.74) is 1.44. The van der Waals surface area contributed by atoms with E-state index >= 15 is 0 Å². The van der Waals surface area contributed by atoms with Crippen molar-refractivity contribution in [3.63, 3.8) is 0 Å². The number of allylic oxidation sites excluding steroid dienone is 1. The third-order valence-corrected chi connectivity index (χ3v) is 4.04. The van der Waals surface area contributed by atoms with Crippen LogP contribution in [0.15, 0.2) is 48.5 Å². The van der Waals surface area contributed by atoms with Gasteiger partial charge in [-0.05, 0) is 34.9 Å². The molecule has 0 radical (unpaired) electrons. The number of nitrogens with one attached hydrogen (secondary N) is 1. The minimum Gasteiger partial charge on any atom is -0.352 e. The molecule has 2 rings (SSSR count). The summed E-state index contributed by atoms with van der Waals surface area (Å²) in [4.78, 5) is 10.9.